The maximum absolute atomic E-state index is 10.7. The third-order valence-electron chi connectivity index (χ3n) is 1.92. The Hall–Kier alpha value is -0.130. The van der Waals surface area contributed by atoms with Crippen molar-refractivity contribution in [3.8, 4) is 0 Å². The zero-order chi connectivity index (χ0) is 8.54. The summed E-state index contributed by atoms with van der Waals surface area (Å²) in [6.45, 7) is 0.503. The SMILES string of the molecule is COCC1(CS(N)(=O)=O)CC1. The lowest BCUT2D eigenvalue weighted by molar-refractivity contribution is 0.151. The zero-order valence-corrected chi connectivity index (χ0v) is 7.36. The second kappa shape index (κ2) is 2.73. The summed E-state index contributed by atoms with van der Waals surface area (Å²) in [5.74, 6) is 0.0633. The van der Waals surface area contributed by atoms with Crippen molar-refractivity contribution in [2.24, 2.45) is 10.6 Å². The molecular formula is C6H13NO3S. The van der Waals surface area contributed by atoms with Gasteiger partial charge in [-0.25, -0.2) is 13.6 Å². The third kappa shape index (κ3) is 2.76. The van der Waals surface area contributed by atoms with Crippen molar-refractivity contribution < 1.29 is 13.2 Å². The molecule has 66 valence electrons. The van der Waals surface area contributed by atoms with E-state index in [4.69, 9.17) is 9.88 Å². The molecule has 0 aromatic rings. The summed E-state index contributed by atoms with van der Waals surface area (Å²) in [6, 6.07) is 0. The van der Waals surface area contributed by atoms with Gasteiger partial charge in [-0.3, -0.25) is 0 Å². The minimum atomic E-state index is -3.32. The molecule has 0 radical (unpaired) electrons. The van der Waals surface area contributed by atoms with Crippen LogP contribution < -0.4 is 5.14 Å². The summed E-state index contributed by atoms with van der Waals surface area (Å²) in [7, 11) is -1.75. The van der Waals surface area contributed by atoms with Gasteiger partial charge < -0.3 is 4.74 Å². The molecular weight excluding hydrogens is 166 g/mol. The van der Waals surface area contributed by atoms with Crippen LogP contribution in [0, 0.1) is 5.41 Å². The smallest absolute Gasteiger partial charge is 0.209 e. The van der Waals surface area contributed by atoms with Gasteiger partial charge in [0.1, 0.15) is 0 Å². The lowest BCUT2D eigenvalue weighted by Crippen LogP contribution is -2.26. The molecule has 0 unspecified atom stereocenters. The van der Waals surface area contributed by atoms with E-state index in [2.05, 4.69) is 0 Å². The molecule has 4 nitrogen and oxygen atoms in total. The lowest BCUT2D eigenvalue weighted by atomic mass is 10.2. The highest BCUT2D eigenvalue weighted by molar-refractivity contribution is 7.89. The molecule has 0 bridgehead atoms. The van der Waals surface area contributed by atoms with E-state index < -0.39 is 10.0 Å². The molecule has 0 saturated heterocycles. The van der Waals surface area contributed by atoms with E-state index in [0.717, 1.165) is 12.8 Å². The van der Waals surface area contributed by atoms with Crippen LogP contribution in [0.2, 0.25) is 0 Å². The third-order valence-corrected chi connectivity index (χ3v) is 2.93. The molecule has 0 amide bonds. The maximum Gasteiger partial charge on any atom is 0.209 e. The largest absolute Gasteiger partial charge is 0.384 e. The van der Waals surface area contributed by atoms with E-state index in [0.29, 0.717) is 6.61 Å². The highest BCUT2D eigenvalue weighted by Gasteiger charge is 2.45. The fourth-order valence-corrected chi connectivity index (χ4v) is 2.47. The second-order valence-corrected chi connectivity index (χ2v) is 4.85. The topological polar surface area (TPSA) is 69.4 Å². The van der Waals surface area contributed by atoms with Gasteiger partial charge in [0.25, 0.3) is 0 Å². The number of ether oxygens (including phenoxy) is 1. The number of hydrogen-bond donors (Lipinski definition) is 1. The predicted octanol–water partition coefficient (Wildman–Crippen LogP) is -0.298. The van der Waals surface area contributed by atoms with Crippen molar-refractivity contribution in [1.29, 1.82) is 0 Å². The normalized spacial score (nSPS) is 21.6. The Balaban J connectivity index is 2.48. The van der Waals surface area contributed by atoms with Crippen molar-refractivity contribution in [2.45, 2.75) is 12.8 Å². The monoisotopic (exact) mass is 179 g/mol. The second-order valence-electron chi connectivity index (χ2n) is 3.24. The minimum absolute atomic E-state index is 0.0633. The van der Waals surface area contributed by atoms with E-state index in [-0.39, 0.29) is 11.2 Å². The van der Waals surface area contributed by atoms with Crippen molar-refractivity contribution in [3.63, 3.8) is 0 Å². The van der Waals surface area contributed by atoms with Crippen molar-refractivity contribution >= 4 is 10.0 Å². The first-order valence-corrected chi connectivity index (χ1v) is 5.18. The molecule has 1 saturated carbocycles. The van der Waals surface area contributed by atoms with Crippen LogP contribution in [-0.2, 0) is 14.8 Å². The predicted molar refractivity (Wildman–Crippen MR) is 41.5 cm³/mol. The number of hydrogen-bond acceptors (Lipinski definition) is 3. The summed E-state index contributed by atoms with van der Waals surface area (Å²) < 4.78 is 26.3. The van der Waals surface area contributed by atoms with Crippen LogP contribution in [0.25, 0.3) is 0 Å². The molecule has 0 heterocycles. The summed E-state index contributed by atoms with van der Waals surface area (Å²) in [5.41, 5.74) is -0.150. The molecule has 11 heavy (non-hydrogen) atoms. The summed E-state index contributed by atoms with van der Waals surface area (Å²) in [5, 5.41) is 4.91. The number of sulfonamides is 1. The van der Waals surface area contributed by atoms with Crippen molar-refractivity contribution in [1.82, 2.24) is 0 Å². The van der Waals surface area contributed by atoms with Gasteiger partial charge in [-0.1, -0.05) is 0 Å². The first kappa shape index (κ1) is 8.96. The Morgan fingerprint density at radius 3 is 2.36 bits per heavy atom. The Labute approximate surface area is 66.8 Å². The quantitative estimate of drug-likeness (QED) is 0.644. The maximum atomic E-state index is 10.7. The molecule has 0 aromatic carbocycles. The fraction of sp³-hybridized carbons (Fsp3) is 1.00. The van der Waals surface area contributed by atoms with Gasteiger partial charge in [-0.05, 0) is 12.8 Å². The van der Waals surface area contributed by atoms with Crippen LogP contribution >= 0.6 is 0 Å². The average molecular weight is 179 g/mol. The highest BCUT2D eigenvalue weighted by atomic mass is 32.2. The van der Waals surface area contributed by atoms with E-state index in [9.17, 15) is 8.42 Å². The molecule has 1 aliphatic carbocycles. The van der Waals surface area contributed by atoms with E-state index in [1.807, 2.05) is 0 Å². The Morgan fingerprint density at radius 2 is 2.09 bits per heavy atom. The number of primary sulfonamides is 1. The molecule has 1 aliphatic rings. The van der Waals surface area contributed by atoms with Gasteiger partial charge in [0.15, 0.2) is 0 Å². The fourth-order valence-electron chi connectivity index (χ4n) is 1.24. The first-order valence-electron chi connectivity index (χ1n) is 3.47. The van der Waals surface area contributed by atoms with Crippen molar-refractivity contribution in [3.05, 3.63) is 0 Å². The Kier molecular flexibility index (Phi) is 2.22. The summed E-state index contributed by atoms with van der Waals surface area (Å²) >= 11 is 0. The van der Waals surface area contributed by atoms with Crippen LogP contribution in [0.15, 0.2) is 0 Å². The van der Waals surface area contributed by atoms with Gasteiger partial charge in [-0.2, -0.15) is 0 Å². The molecule has 1 rings (SSSR count). The molecule has 2 N–H and O–H groups in total. The Morgan fingerprint density at radius 1 is 1.55 bits per heavy atom. The molecule has 1 fully saturated rings. The molecule has 0 aromatic heterocycles. The first-order chi connectivity index (χ1) is 4.97. The van der Waals surface area contributed by atoms with E-state index >= 15 is 0 Å². The van der Waals surface area contributed by atoms with Gasteiger partial charge in [0, 0.05) is 12.5 Å². The number of rotatable bonds is 4. The van der Waals surface area contributed by atoms with E-state index in [1.165, 1.54) is 0 Å². The highest BCUT2D eigenvalue weighted by Crippen LogP contribution is 2.46. The average Bonchev–Trinajstić information content (AvgIpc) is 2.44. The lowest BCUT2D eigenvalue weighted by Gasteiger charge is -2.10. The standard InChI is InChI=1S/C6H13NO3S/c1-10-4-6(2-3-6)5-11(7,8)9/h2-5H2,1H3,(H2,7,8,9). The minimum Gasteiger partial charge on any atom is -0.384 e. The van der Waals surface area contributed by atoms with Gasteiger partial charge in [0.05, 0.1) is 12.4 Å². The van der Waals surface area contributed by atoms with Gasteiger partial charge >= 0.3 is 0 Å². The van der Waals surface area contributed by atoms with Gasteiger partial charge in [-0.15, -0.1) is 0 Å². The number of nitrogens with two attached hydrogens (primary N) is 1. The summed E-state index contributed by atoms with van der Waals surface area (Å²) in [6.07, 6.45) is 1.83. The van der Waals surface area contributed by atoms with Crippen LogP contribution in [0.5, 0.6) is 0 Å². The molecule has 0 atom stereocenters. The molecule has 0 spiro atoms. The Bertz CT molecular complexity index is 230. The number of methoxy groups -OCH3 is 1. The zero-order valence-electron chi connectivity index (χ0n) is 6.54. The van der Waals surface area contributed by atoms with Crippen LogP contribution in [0.4, 0.5) is 0 Å². The molecule has 0 aliphatic heterocycles. The van der Waals surface area contributed by atoms with Crippen LogP contribution in [-0.4, -0.2) is 27.9 Å². The van der Waals surface area contributed by atoms with Crippen LogP contribution in [0.1, 0.15) is 12.8 Å². The molecule has 5 heteroatoms. The summed E-state index contributed by atoms with van der Waals surface area (Å²) in [4.78, 5) is 0. The van der Waals surface area contributed by atoms with Crippen molar-refractivity contribution in [2.75, 3.05) is 19.5 Å². The van der Waals surface area contributed by atoms with Gasteiger partial charge in [0.2, 0.25) is 10.0 Å². The van der Waals surface area contributed by atoms with E-state index in [1.54, 1.807) is 7.11 Å². The van der Waals surface area contributed by atoms with Crippen LogP contribution in [0.3, 0.4) is 0 Å².